The number of hydrogen-bond donors (Lipinski definition) is 2. The van der Waals surface area contributed by atoms with Crippen LogP contribution in [0.25, 0.3) is 0 Å². The Bertz CT molecular complexity index is 466. The average Bonchev–Trinajstić information content (AvgIpc) is 2.79. The lowest BCUT2D eigenvalue weighted by Crippen LogP contribution is -2.53. The first-order valence-electron chi connectivity index (χ1n) is 7.01. The van der Waals surface area contributed by atoms with E-state index in [4.69, 9.17) is 5.11 Å². The smallest absolute Gasteiger partial charge is 0.318 e. The molecule has 6 heteroatoms. The van der Waals surface area contributed by atoms with E-state index in [9.17, 15) is 9.59 Å². The third-order valence-corrected chi connectivity index (χ3v) is 3.83. The van der Waals surface area contributed by atoms with Crippen LogP contribution in [0.4, 0.5) is 4.79 Å². The van der Waals surface area contributed by atoms with Gasteiger partial charge in [0, 0.05) is 18.1 Å². The van der Waals surface area contributed by atoms with E-state index in [2.05, 4.69) is 10.7 Å². The van der Waals surface area contributed by atoms with Crippen LogP contribution in [-0.4, -0.2) is 40.1 Å². The molecule has 1 aromatic heterocycles. The summed E-state index contributed by atoms with van der Waals surface area (Å²) < 4.78 is 0. The number of rotatable bonds is 6. The molecule has 21 heavy (non-hydrogen) atoms. The average molecular weight is 312 g/mol. The number of carbonyl (C=O) groups excluding carboxylic acids is 1. The number of hydrogen-bond acceptors (Lipinski definition) is 3. The third kappa shape index (κ3) is 6.16. The van der Waals surface area contributed by atoms with Crippen molar-refractivity contribution in [3.05, 3.63) is 22.4 Å². The van der Waals surface area contributed by atoms with Gasteiger partial charge >= 0.3 is 12.0 Å². The number of carboxylic acid groups (broad SMARTS) is 1. The van der Waals surface area contributed by atoms with Crippen molar-refractivity contribution in [3.63, 3.8) is 0 Å². The van der Waals surface area contributed by atoms with Crippen LogP contribution in [0.15, 0.2) is 16.8 Å². The highest BCUT2D eigenvalue weighted by molar-refractivity contribution is 7.07. The number of nitrogens with zero attached hydrogens (tertiary/aromatic N) is 1. The molecule has 1 aromatic rings. The highest BCUT2D eigenvalue weighted by Gasteiger charge is 2.27. The SMILES string of the molecule is CC(Cc1ccsc1)NC(=O)N(CCC(=O)O)C(C)(C)C. The van der Waals surface area contributed by atoms with Crippen molar-refractivity contribution in [1.29, 1.82) is 0 Å². The maximum atomic E-state index is 12.4. The molecule has 0 aromatic carbocycles. The molecule has 1 rings (SSSR count). The molecular formula is C15H24N2O3S. The minimum atomic E-state index is -0.900. The molecule has 5 nitrogen and oxygen atoms in total. The number of nitrogens with one attached hydrogen (secondary N) is 1. The van der Waals surface area contributed by atoms with Crippen molar-refractivity contribution >= 4 is 23.3 Å². The molecule has 0 spiro atoms. The van der Waals surface area contributed by atoms with Crippen LogP contribution in [0.1, 0.15) is 39.7 Å². The second-order valence-electron chi connectivity index (χ2n) is 6.15. The summed E-state index contributed by atoms with van der Waals surface area (Å²) in [5.74, 6) is -0.900. The maximum absolute atomic E-state index is 12.4. The van der Waals surface area contributed by atoms with Gasteiger partial charge in [0.2, 0.25) is 0 Å². The zero-order chi connectivity index (χ0) is 16.0. The van der Waals surface area contributed by atoms with Gasteiger partial charge in [0.1, 0.15) is 0 Å². The van der Waals surface area contributed by atoms with E-state index < -0.39 is 11.5 Å². The molecule has 0 bridgehead atoms. The fourth-order valence-electron chi connectivity index (χ4n) is 2.05. The van der Waals surface area contributed by atoms with Crippen LogP contribution in [0, 0.1) is 0 Å². The lowest BCUT2D eigenvalue weighted by molar-refractivity contribution is -0.137. The van der Waals surface area contributed by atoms with Gasteiger partial charge in [-0.2, -0.15) is 11.3 Å². The van der Waals surface area contributed by atoms with Crippen molar-refractivity contribution in [3.8, 4) is 0 Å². The van der Waals surface area contributed by atoms with E-state index in [0.29, 0.717) is 0 Å². The number of urea groups is 1. The molecule has 0 saturated carbocycles. The fourth-order valence-corrected chi connectivity index (χ4v) is 2.73. The highest BCUT2D eigenvalue weighted by Crippen LogP contribution is 2.15. The summed E-state index contributed by atoms with van der Waals surface area (Å²) in [6.07, 6.45) is 0.718. The summed E-state index contributed by atoms with van der Waals surface area (Å²) >= 11 is 1.63. The van der Waals surface area contributed by atoms with Gasteiger partial charge in [0.25, 0.3) is 0 Å². The Morgan fingerprint density at radius 1 is 1.43 bits per heavy atom. The van der Waals surface area contributed by atoms with E-state index in [1.165, 1.54) is 5.56 Å². The minimum absolute atomic E-state index is 0.00165. The van der Waals surface area contributed by atoms with Crippen LogP contribution < -0.4 is 5.32 Å². The Hall–Kier alpha value is -1.56. The summed E-state index contributed by atoms with van der Waals surface area (Å²) in [5.41, 5.74) is 0.780. The molecule has 0 aliphatic rings. The molecule has 1 heterocycles. The van der Waals surface area contributed by atoms with Crippen molar-refractivity contribution in [2.45, 2.75) is 52.1 Å². The monoisotopic (exact) mass is 312 g/mol. The van der Waals surface area contributed by atoms with Crippen molar-refractivity contribution in [2.24, 2.45) is 0 Å². The van der Waals surface area contributed by atoms with Crippen LogP contribution in [-0.2, 0) is 11.2 Å². The predicted octanol–water partition coefficient (Wildman–Crippen LogP) is 2.96. The number of carboxylic acids is 1. The second kappa shape index (κ2) is 7.45. The maximum Gasteiger partial charge on any atom is 0.318 e. The zero-order valence-electron chi connectivity index (χ0n) is 13.0. The van der Waals surface area contributed by atoms with Crippen molar-refractivity contribution < 1.29 is 14.7 Å². The molecule has 2 N–H and O–H groups in total. The van der Waals surface area contributed by atoms with Crippen LogP contribution in [0.5, 0.6) is 0 Å². The third-order valence-electron chi connectivity index (χ3n) is 3.10. The molecule has 118 valence electrons. The summed E-state index contributed by atoms with van der Waals surface area (Å²) in [6.45, 7) is 7.86. The van der Waals surface area contributed by atoms with Crippen LogP contribution >= 0.6 is 11.3 Å². The second-order valence-corrected chi connectivity index (χ2v) is 6.93. The van der Waals surface area contributed by atoms with Gasteiger partial charge in [-0.15, -0.1) is 0 Å². The van der Waals surface area contributed by atoms with Crippen molar-refractivity contribution in [1.82, 2.24) is 10.2 Å². The number of aliphatic carboxylic acids is 1. The molecule has 0 aliphatic heterocycles. The van der Waals surface area contributed by atoms with Crippen LogP contribution in [0.3, 0.4) is 0 Å². The topological polar surface area (TPSA) is 69.6 Å². The van der Waals surface area contributed by atoms with Gasteiger partial charge in [-0.3, -0.25) is 4.79 Å². The lowest BCUT2D eigenvalue weighted by Gasteiger charge is -2.36. The molecule has 1 unspecified atom stereocenters. The van der Waals surface area contributed by atoms with Gasteiger partial charge in [-0.05, 0) is 56.5 Å². The van der Waals surface area contributed by atoms with Gasteiger partial charge in [-0.1, -0.05) is 0 Å². The minimum Gasteiger partial charge on any atom is -0.481 e. The van der Waals surface area contributed by atoms with Gasteiger partial charge < -0.3 is 15.3 Å². The van der Waals surface area contributed by atoms with E-state index in [1.54, 1.807) is 16.2 Å². The first kappa shape index (κ1) is 17.5. The largest absolute Gasteiger partial charge is 0.481 e. The Morgan fingerprint density at radius 3 is 2.57 bits per heavy atom. The summed E-state index contributed by atoms with van der Waals surface area (Å²) in [4.78, 5) is 24.7. The fraction of sp³-hybridized carbons (Fsp3) is 0.600. The number of thiophene rings is 1. The quantitative estimate of drug-likeness (QED) is 0.848. The van der Waals surface area contributed by atoms with E-state index >= 15 is 0 Å². The molecule has 0 aliphatic carbocycles. The molecule has 0 radical (unpaired) electrons. The standard InChI is InChI=1S/C15H24N2O3S/c1-11(9-12-6-8-21-10-12)16-14(20)17(15(2,3)4)7-5-13(18)19/h6,8,10-11H,5,7,9H2,1-4H3,(H,16,20)(H,18,19). The Kier molecular flexibility index (Phi) is 6.20. The normalized spacial score (nSPS) is 12.8. The highest BCUT2D eigenvalue weighted by atomic mass is 32.1. The Labute approximate surface area is 130 Å². The number of amides is 2. The Morgan fingerprint density at radius 2 is 2.10 bits per heavy atom. The lowest BCUT2D eigenvalue weighted by atomic mass is 10.1. The molecule has 1 atom stereocenters. The Balaban J connectivity index is 2.60. The first-order valence-corrected chi connectivity index (χ1v) is 7.95. The van der Waals surface area contributed by atoms with Crippen molar-refractivity contribution in [2.75, 3.05) is 6.54 Å². The van der Waals surface area contributed by atoms with E-state index in [-0.39, 0.29) is 25.0 Å². The van der Waals surface area contributed by atoms with Gasteiger partial charge in [-0.25, -0.2) is 4.79 Å². The molecular weight excluding hydrogens is 288 g/mol. The summed E-state index contributed by atoms with van der Waals surface area (Å²) in [6, 6.07) is 1.83. The summed E-state index contributed by atoms with van der Waals surface area (Å²) in [5, 5.41) is 15.8. The van der Waals surface area contributed by atoms with E-state index in [0.717, 1.165) is 6.42 Å². The summed E-state index contributed by atoms with van der Waals surface area (Å²) in [7, 11) is 0. The molecule has 0 fully saturated rings. The van der Waals surface area contributed by atoms with Crippen LogP contribution in [0.2, 0.25) is 0 Å². The predicted molar refractivity (Wildman–Crippen MR) is 84.7 cm³/mol. The van der Waals surface area contributed by atoms with E-state index in [1.807, 2.05) is 39.1 Å². The van der Waals surface area contributed by atoms with Gasteiger partial charge in [0.15, 0.2) is 0 Å². The molecule has 0 saturated heterocycles. The number of carbonyl (C=O) groups is 2. The first-order chi connectivity index (χ1) is 9.70. The molecule has 2 amide bonds. The zero-order valence-corrected chi connectivity index (χ0v) is 13.9. The van der Waals surface area contributed by atoms with Gasteiger partial charge in [0.05, 0.1) is 6.42 Å².